The van der Waals surface area contributed by atoms with Crippen molar-refractivity contribution in [1.82, 2.24) is 5.32 Å². The molecule has 0 saturated heterocycles. The van der Waals surface area contributed by atoms with Gasteiger partial charge >= 0.3 is 17.8 Å². The second kappa shape index (κ2) is 9.14. The van der Waals surface area contributed by atoms with Crippen molar-refractivity contribution in [3.05, 3.63) is 45.8 Å². The number of carboxylic acids is 2. The van der Waals surface area contributed by atoms with Crippen molar-refractivity contribution in [2.45, 2.75) is 19.1 Å². The lowest BCUT2D eigenvalue weighted by atomic mass is 10.0. The van der Waals surface area contributed by atoms with Gasteiger partial charge in [0.1, 0.15) is 5.00 Å². The van der Waals surface area contributed by atoms with Gasteiger partial charge in [-0.05, 0) is 23.8 Å². The van der Waals surface area contributed by atoms with Crippen LogP contribution in [0.25, 0.3) is 0 Å². The molecule has 1 atom stereocenters. The third kappa shape index (κ3) is 5.01. The molecule has 0 spiro atoms. The van der Waals surface area contributed by atoms with Gasteiger partial charge in [0, 0.05) is 43.2 Å². The van der Waals surface area contributed by atoms with Gasteiger partial charge in [-0.25, -0.2) is 9.59 Å². The summed E-state index contributed by atoms with van der Waals surface area (Å²) in [4.78, 5) is 49.0. The lowest BCUT2D eigenvalue weighted by Crippen LogP contribution is -2.36. The number of rotatable bonds is 6. The quantitative estimate of drug-likeness (QED) is 0.486. The van der Waals surface area contributed by atoms with E-state index in [2.05, 4.69) is 10.6 Å². The molecule has 0 saturated carbocycles. The molecule has 2 amide bonds. The summed E-state index contributed by atoms with van der Waals surface area (Å²) in [7, 11) is 3.75. The SMILES string of the molecule is CN(C)c1cccc(C(=O)NCC2Cc3c(sc(NC(=O)C(=O)O)c3C(=O)O)CO2)c1. The maximum absolute atomic E-state index is 12.5. The van der Waals surface area contributed by atoms with Crippen LogP contribution in [0.3, 0.4) is 0 Å². The summed E-state index contributed by atoms with van der Waals surface area (Å²) in [6.07, 6.45) is -0.266. The minimum atomic E-state index is -1.71. The van der Waals surface area contributed by atoms with Crippen LogP contribution in [0.4, 0.5) is 10.7 Å². The number of carbonyl (C=O) groups excluding carboxylic acids is 2. The van der Waals surface area contributed by atoms with Crippen LogP contribution in [0.15, 0.2) is 24.3 Å². The highest BCUT2D eigenvalue weighted by atomic mass is 32.1. The largest absolute Gasteiger partial charge is 0.478 e. The van der Waals surface area contributed by atoms with E-state index in [0.717, 1.165) is 17.0 Å². The first-order valence-corrected chi connectivity index (χ1v) is 10.1. The number of aliphatic carboxylic acids is 1. The highest BCUT2D eigenvalue weighted by Gasteiger charge is 2.31. The molecule has 31 heavy (non-hydrogen) atoms. The second-order valence-corrected chi connectivity index (χ2v) is 8.17. The molecule has 11 heteroatoms. The lowest BCUT2D eigenvalue weighted by Gasteiger charge is -2.24. The molecule has 3 rings (SSSR count). The number of carbonyl (C=O) groups is 4. The van der Waals surface area contributed by atoms with Gasteiger partial charge in [-0.15, -0.1) is 11.3 Å². The van der Waals surface area contributed by atoms with E-state index in [1.807, 2.05) is 25.1 Å². The van der Waals surface area contributed by atoms with Gasteiger partial charge in [-0.3, -0.25) is 9.59 Å². The number of thiophene rings is 1. The molecule has 0 radical (unpaired) electrons. The number of nitrogens with zero attached hydrogens (tertiary/aromatic N) is 1. The van der Waals surface area contributed by atoms with E-state index < -0.39 is 23.9 Å². The molecule has 2 heterocycles. The van der Waals surface area contributed by atoms with Crippen molar-refractivity contribution in [3.8, 4) is 0 Å². The van der Waals surface area contributed by atoms with Gasteiger partial charge in [0.15, 0.2) is 0 Å². The Morgan fingerprint density at radius 1 is 1.23 bits per heavy atom. The van der Waals surface area contributed by atoms with Crippen LogP contribution in [0.5, 0.6) is 0 Å². The van der Waals surface area contributed by atoms with Gasteiger partial charge in [-0.2, -0.15) is 0 Å². The van der Waals surface area contributed by atoms with Gasteiger partial charge in [0.2, 0.25) is 0 Å². The van der Waals surface area contributed by atoms with Crippen molar-refractivity contribution < 1.29 is 34.1 Å². The smallest absolute Gasteiger partial charge is 0.394 e. The Morgan fingerprint density at radius 2 is 1.97 bits per heavy atom. The minimum Gasteiger partial charge on any atom is -0.478 e. The van der Waals surface area contributed by atoms with Crippen molar-refractivity contribution in [3.63, 3.8) is 0 Å². The molecule has 1 aliphatic rings. The lowest BCUT2D eigenvalue weighted by molar-refractivity contribution is -0.147. The van der Waals surface area contributed by atoms with Crippen LogP contribution in [-0.4, -0.2) is 60.7 Å². The first-order valence-electron chi connectivity index (χ1n) is 9.26. The van der Waals surface area contributed by atoms with Crippen LogP contribution < -0.4 is 15.5 Å². The van der Waals surface area contributed by atoms with E-state index in [9.17, 15) is 24.3 Å². The fraction of sp³-hybridized carbons (Fsp3) is 0.300. The maximum Gasteiger partial charge on any atom is 0.394 e. The Bertz CT molecular complexity index is 1050. The van der Waals surface area contributed by atoms with E-state index in [1.165, 1.54) is 0 Å². The van der Waals surface area contributed by atoms with E-state index in [-0.39, 0.29) is 36.0 Å². The summed E-state index contributed by atoms with van der Waals surface area (Å²) in [5.74, 6) is -4.58. The van der Waals surface area contributed by atoms with Crippen LogP contribution in [0.1, 0.15) is 31.2 Å². The number of carboxylic acid groups (broad SMARTS) is 2. The third-order valence-corrected chi connectivity index (χ3v) is 5.84. The summed E-state index contributed by atoms with van der Waals surface area (Å²) < 4.78 is 5.72. The zero-order valence-corrected chi connectivity index (χ0v) is 17.6. The molecule has 2 aromatic rings. The Hall–Kier alpha value is -3.44. The fourth-order valence-corrected chi connectivity index (χ4v) is 4.30. The summed E-state index contributed by atoms with van der Waals surface area (Å²) >= 11 is 0.970. The monoisotopic (exact) mass is 447 g/mol. The van der Waals surface area contributed by atoms with Gasteiger partial charge in [0.25, 0.3) is 5.91 Å². The number of benzene rings is 1. The van der Waals surface area contributed by atoms with Crippen molar-refractivity contribution in [2.24, 2.45) is 0 Å². The summed E-state index contributed by atoms with van der Waals surface area (Å²) in [6, 6.07) is 7.12. The highest BCUT2D eigenvalue weighted by molar-refractivity contribution is 7.17. The second-order valence-electron chi connectivity index (χ2n) is 7.06. The Balaban J connectivity index is 1.70. The normalized spacial score (nSPS) is 15.0. The van der Waals surface area contributed by atoms with E-state index >= 15 is 0 Å². The molecule has 0 fully saturated rings. The highest BCUT2D eigenvalue weighted by Crippen LogP contribution is 2.37. The van der Waals surface area contributed by atoms with Crippen molar-refractivity contribution in [2.75, 3.05) is 30.9 Å². The molecule has 4 N–H and O–H groups in total. The summed E-state index contributed by atoms with van der Waals surface area (Å²) in [5.41, 5.74) is 1.70. The molecular formula is C20H21N3O7S. The average molecular weight is 447 g/mol. The topological polar surface area (TPSA) is 145 Å². The first-order chi connectivity index (χ1) is 14.7. The van der Waals surface area contributed by atoms with Crippen molar-refractivity contribution >= 4 is 45.8 Å². The number of amides is 2. The van der Waals surface area contributed by atoms with Crippen molar-refractivity contribution in [1.29, 1.82) is 0 Å². The molecule has 0 bridgehead atoms. The van der Waals surface area contributed by atoms with Gasteiger partial charge < -0.3 is 30.5 Å². The van der Waals surface area contributed by atoms with E-state index in [1.54, 1.807) is 18.2 Å². The zero-order chi connectivity index (χ0) is 22.7. The fourth-order valence-electron chi connectivity index (χ4n) is 3.16. The van der Waals surface area contributed by atoms with Gasteiger partial charge in [-0.1, -0.05) is 6.07 Å². The maximum atomic E-state index is 12.5. The van der Waals surface area contributed by atoms with Crippen LogP contribution in [-0.2, 0) is 27.4 Å². The molecule has 164 valence electrons. The third-order valence-electron chi connectivity index (χ3n) is 4.72. The minimum absolute atomic E-state index is 0.0429. The number of nitrogens with one attached hydrogen (secondary N) is 2. The molecule has 1 aliphatic heterocycles. The summed E-state index contributed by atoms with van der Waals surface area (Å²) in [6.45, 7) is 0.260. The molecular weight excluding hydrogens is 426 g/mol. The Morgan fingerprint density at radius 3 is 2.61 bits per heavy atom. The molecule has 1 aromatic carbocycles. The predicted molar refractivity (Wildman–Crippen MR) is 113 cm³/mol. The predicted octanol–water partition coefficient (Wildman–Crippen LogP) is 1.41. The zero-order valence-electron chi connectivity index (χ0n) is 16.8. The number of fused-ring (bicyclic) bond motifs is 1. The molecule has 1 unspecified atom stereocenters. The van der Waals surface area contributed by atoms with E-state index in [0.29, 0.717) is 16.0 Å². The standard InChI is InChI=1S/C20H21N3O7S/c1-23(2)11-5-3-4-10(6-11)16(24)21-8-12-7-13-14(9-30-12)31-18(15(13)19(26)27)22-17(25)20(28)29/h3-6,12H,7-9H2,1-2H3,(H,21,24)(H,22,25)(H,26,27)(H,28,29). The van der Waals surface area contributed by atoms with Crippen LogP contribution in [0.2, 0.25) is 0 Å². The molecule has 10 nitrogen and oxygen atoms in total. The average Bonchev–Trinajstić information content (AvgIpc) is 3.09. The van der Waals surface area contributed by atoms with E-state index in [4.69, 9.17) is 9.84 Å². The number of aromatic carboxylic acids is 1. The number of hydrogen-bond donors (Lipinski definition) is 4. The Labute approximate surface area is 181 Å². The first kappa shape index (κ1) is 22.2. The van der Waals surface area contributed by atoms with Gasteiger partial charge in [0.05, 0.1) is 18.3 Å². The Kier molecular flexibility index (Phi) is 6.56. The number of anilines is 2. The number of ether oxygens (including phenoxy) is 1. The number of hydrogen-bond acceptors (Lipinski definition) is 7. The summed E-state index contributed by atoms with van der Waals surface area (Å²) in [5, 5.41) is 23.2. The van der Waals surface area contributed by atoms with Crippen LogP contribution >= 0.6 is 11.3 Å². The van der Waals surface area contributed by atoms with Crippen LogP contribution in [0, 0.1) is 0 Å². The molecule has 1 aromatic heterocycles. The molecule has 0 aliphatic carbocycles.